The van der Waals surface area contributed by atoms with E-state index in [0.29, 0.717) is 18.6 Å². The second-order valence-electron chi connectivity index (χ2n) is 9.44. The highest BCUT2D eigenvalue weighted by Gasteiger charge is 2.25. The first-order chi connectivity index (χ1) is 12.0. The molecule has 0 fully saturated rings. The van der Waals surface area contributed by atoms with E-state index in [1.165, 1.54) is 24.8 Å². The third-order valence-electron chi connectivity index (χ3n) is 4.84. The van der Waals surface area contributed by atoms with E-state index in [4.69, 9.17) is 0 Å². The number of phenols is 1. The van der Waals surface area contributed by atoms with Crippen molar-refractivity contribution in [3.05, 3.63) is 28.8 Å². The average molecular weight is 362 g/mol. The lowest BCUT2D eigenvalue weighted by atomic mass is 9.78. The van der Waals surface area contributed by atoms with Crippen LogP contribution in [-0.2, 0) is 22.0 Å². The van der Waals surface area contributed by atoms with Crippen molar-refractivity contribution < 1.29 is 9.90 Å². The molecule has 26 heavy (non-hydrogen) atoms. The Labute approximate surface area is 160 Å². The third kappa shape index (κ3) is 7.01. The van der Waals surface area contributed by atoms with E-state index in [1.807, 2.05) is 0 Å². The van der Waals surface area contributed by atoms with Crippen LogP contribution in [0.2, 0.25) is 0 Å². The van der Waals surface area contributed by atoms with Gasteiger partial charge < -0.3 is 10.4 Å². The van der Waals surface area contributed by atoms with Crippen LogP contribution in [0.15, 0.2) is 12.1 Å². The molecule has 1 aromatic rings. The van der Waals surface area contributed by atoms with Crippen molar-refractivity contribution in [3.8, 4) is 5.75 Å². The Balaban J connectivity index is 2.84. The molecule has 0 aliphatic carbocycles. The van der Waals surface area contributed by atoms with Gasteiger partial charge >= 0.3 is 0 Å². The van der Waals surface area contributed by atoms with Crippen molar-refractivity contribution in [1.82, 2.24) is 5.32 Å². The van der Waals surface area contributed by atoms with Crippen molar-refractivity contribution in [2.24, 2.45) is 0 Å². The number of aromatic hydroxyl groups is 1. The van der Waals surface area contributed by atoms with Crippen molar-refractivity contribution in [2.75, 3.05) is 6.54 Å². The molecule has 148 valence electrons. The van der Waals surface area contributed by atoms with Gasteiger partial charge in [0.1, 0.15) is 5.75 Å². The molecule has 0 aromatic heterocycles. The molecule has 1 aromatic carbocycles. The molecule has 3 nitrogen and oxygen atoms in total. The Kier molecular flexibility index (Phi) is 8.17. The number of rotatable bonds is 8. The maximum absolute atomic E-state index is 12.1. The number of benzene rings is 1. The summed E-state index contributed by atoms with van der Waals surface area (Å²) in [5, 5.41) is 13.8. The summed E-state index contributed by atoms with van der Waals surface area (Å²) in [6.07, 6.45) is 5.61. The fourth-order valence-corrected chi connectivity index (χ4v) is 3.01. The molecule has 0 radical (unpaired) electrons. The van der Waals surface area contributed by atoms with Gasteiger partial charge in [-0.3, -0.25) is 4.79 Å². The van der Waals surface area contributed by atoms with Crippen LogP contribution >= 0.6 is 0 Å². The van der Waals surface area contributed by atoms with Crippen LogP contribution in [0, 0.1) is 0 Å². The van der Waals surface area contributed by atoms with Gasteiger partial charge in [0.05, 0.1) is 0 Å². The summed E-state index contributed by atoms with van der Waals surface area (Å²) in [6.45, 7) is 15.8. The Bertz CT molecular complexity index is 591. The normalized spacial score (nSPS) is 12.3. The summed E-state index contributed by atoms with van der Waals surface area (Å²) in [5.41, 5.74) is 2.91. The summed E-state index contributed by atoms with van der Waals surface area (Å²) < 4.78 is 0. The Hall–Kier alpha value is -1.51. The quantitative estimate of drug-likeness (QED) is 0.591. The van der Waals surface area contributed by atoms with Crippen molar-refractivity contribution in [3.63, 3.8) is 0 Å². The summed E-state index contributed by atoms with van der Waals surface area (Å²) in [5.74, 6) is 0.417. The first kappa shape index (κ1) is 22.5. The fourth-order valence-electron chi connectivity index (χ4n) is 3.01. The number of hydrogen-bond donors (Lipinski definition) is 2. The third-order valence-corrected chi connectivity index (χ3v) is 4.84. The Morgan fingerprint density at radius 3 is 2.19 bits per heavy atom. The van der Waals surface area contributed by atoms with Gasteiger partial charge in [0.25, 0.3) is 0 Å². The van der Waals surface area contributed by atoms with E-state index in [1.54, 1.807) is 0 Å². The minimum atomic E-state index is -0.137. The molecule has 3 heteroatoms. The zero-order valence-electron chi connectivity index (χ0n) is 18.0. The topological polar surface area (TPSA) is 49.3 Å². The van der Waals surface area contributed by atoms with E-state index >= 15 is 0 Å². The number of nitrogens with one attached hydrogen (secondary N) is 1. The number of unbranched alkanes of at least 4 members (excludes halogenated alkanes) is 3. The van der Waals surface area contributed by atoms with Gasteiger partial charge in [0, 0.05) is 13.0 Å². The molecular formula is C23H39NO2. The highest BCUT2D eigenvalue weighted by atomic mass is 16.3. The zero-order chi connectivity index (χ0) is 20.0. The van der Waals surface area contributed by atoms with Crippen LogP contribution in [0.1, 0.15) is 97.3 Å². The van der Waals surface area contributed by atoms with Crippen LogP contribution in [0.25, 0.3) is 0 Å². The average Bonchev–Trinajstić information content (AvgIpc) is 2.51. The molecule has 2 N–H and O–H groups in total. The number of aryl methyl sites for hydroxylation is 1. The highest BCUT2D eigenvalue weighted by molar-refractivity contribution is 5.76. The minimum Gasteiger partial charge on any atom is -0.507 e. The van der Waals surface area contributed by atoms with E-state index in [9.17, 15) is 9.90 Å². The summed E-state index contributed by atoms with van der Waals surface area (Å²) in [4.78, 5) is 12.1. The Morgan fingerprint density at radius 2 is 1.65 bits per heavy atom. The number of amides is 1. The van der Waals surface area contributed by atoms with Gasteiger partial charge in [0.2, 0.25) is 5.91 Å². The van der Waals surface area contributed by atoms with Crippen molar-refractivity contribution in [2.45, 2.75) is 97.8 Å². The predicted octanol–water partition coefficient (Wildman–Crippen LogP) is 5.62. The number of carbonyl (C=O) groups excluding carboxylic acids is 1. The monoisotopic (exact) mass is 361 g/mol. The highest BCUT2D eigenvalue weighted by Crippen LogP contribution is 2.38. The molecule has 0 atom stereocenters. The molecule has 0 bridgehead atoms. The van der Waals surface area contributed by atoms with E-state index in [0.717, 1.165) is 24.1 Å². The van der Waals surface area contributed by atoms with Crippen molar-refractivity contribution in [1.29, 1.82) is 0 Å². The standard InChI is InChI=1S/C23H39NO2/c1-8-9-10-11-14-24-20(25)13-12-17-15-18(22(2,3)4)16-19(21(17)26)23(5,6)7/h15-16,26H,8-14H2,1-7H3,(H,24,25). The van der Waals surface area contributed by atoms with E-state index in [-0.39, 0.29) is 16.7 Å². The first-order valence-electron chi connectivity index (χ1n) is 10.1. The predicted molar refractivity (Wildman–Crippen MR) is 111 cm³/mol. The number of hydrogen-bond acceptors (Lipinski definition) is 2. The molecule has 0 spiro atoms. The first-order valence-corrected chi connectivity index (χ1v) is 10.1. The Morgan fingerprint density at radius 1 is 1.00 bits per heavy atom. The van der Waals surface area contributed by atoms with Crippen LogP contribution in [0.3, 0.4) is 0 Å². The second-order valence-corrected chi connectivity index (χ2v) is 9.44. The van der Waals surface area contributed by atoms with Crippen LogP contribution in [0.4, 0.5) is 0 Å². The molecule has 0 saturated heterocycles. The largest absolute Gasteiger partial charge is 0.507 e. The minimum absolute atomic E-state index is 0.00395. The molecule has 1 rings (SSSR count). The SMILES string of the molecule is CCCCCCNC(=O)CCc1cc(C(C)(C)C)cc(C(C)(C)C)c1O. The molecule has 0 heterocycles. The summed E-state index contributed by atoms with van der Waals surface area (Å²) in [7, 11) is 0. The van der Waals surface area contributed by atoms with Gasteiger partial charge in [0.15, 0.2) is 0 Å². The number of phenolic OH excluding ortho intramolecular Hbond substituents is 1. The van der Waals surface area contributed by atoms with Gasteiger partial charge in [-0.25, -0.2) is 0 Å². The van der Waals surface area contributed by atoms with E-state index < -0.39 is 0 Å². The molecular weight excluding hydrogens is 322 g/mol. The maximum atomic E-state index is 12.1. The van der Waals surface area contributed by atoms with Crippen LogP contribution in [-0.4, -0.2) is 17.6 Å². The molecule has 0 aliphatic heterocycles. The van der Waals surface area contributed by atoms with Gasteiger partial charge in [-0.1, -0.05) is 79.9 Å². The van der Waals surface area contributed by atoms with Crippen LogP contribution in [0.5, 0.6) is 5.75 Å². The molecule has 0 aliphatic rings. The second kappa shape index (κ2) is 9.43. The van der Waals surface area contributed by atoms with Crippen molar-refractivity contribution >= 4 is 5.91 Å². The zero-order valence-corrected chi connectivity index (χ0v) is 18.0. The lowest BCUT2D eigenvalue weighted by Crippen LogP contribution is -2.25. The van der Waals surface area contributed by atoms with Gasteiger partial charge in [-0.05, 0) is 40.4 Å². The lowest BCUT2D eigenvalue weighted by Gasteiger charge is -2.27. The smallest absolute Gasteiger partial charge is 0.220 e. The summed E-state index contributed by atoms with van der Waals surface area (Å²) >= 11 is 0. The fraction of sp³-hybridized carbons (Fsp3) is 0.696. The van der Waals surface area contributed by atoms with Gasteiger partial charge in [-0.2, -0.15) is 0 Å². The summed E-state index contributed by atoms with van der Waals surface area (Å²) in [6, 6.07) is 4.19. The van der Waals surface area contributed by atoms with E-state index in [2.05, 4.69) is 65.9 Å². The lowest BCUT2D eigenvalue weighted by molar-refractivity contribution is -0.121. The molecule has 0 saturated carbocycles. The van der Waals surface area contributed by atoms with Gasteiger partial charge in [-0.15, -0.1) is 0 Å². The molecule has 1 amide bonds. The number of carbonyl (C=O) groups is 1. The maximum Gasteiger partial charge on any atom is 0.220 e. The van der Waals surface area contributed by atoms with Crippen LogP contribution < -0.4 is 5.32 Å². The molecule has 0 unspecified atom stereocenters.